The van der Waals surface area contributed by atoms with Crippen LogP contribution in [0.1, 0.15) is 17.5 Å². The Labute approximate surface area is 161 Å². The first-order chi connectivity index (χ1) is 12.6. The molecular formula is C19H17Cl2NO4. The van der Waals surface area contributed by atoms with Crippen LogP contribution >= 0.6 is 23.2 Å². The molecule has 2 aromatic carbocycles. The highest BCUT2D eigenvalue weighted by molar-refractivity contribution is 6.38. The molecule has 1 saturated heterocycles. The van der Waals surface area contributed by atoms with Crippen molar-refractivity contribution in [2.75, 3.05) is 25.2 Å². The van der Waals surface area contributed by atoms with Gasteiger partial charge in [0.25, 0.3) is 11.7 Å². The Morgan fingerprint density at radius 2 is 1.73 bits per heavy atom. The molecule has 2 heterocycles. The number of halogens is 2. The molecule has 7 heteroatoms. The lowest BCUT2D eigenvalue weighted by atomic mass is 10.1. The van der Waals surface area contributed by atoms with Crippen molar-refractivity contribution in [2.45, 2.75) is 18.8 Å². The lowest BCUT2D eigenvalue weighted by Crippen LogP contribution is -2.47. The Morgan fingerprint density at radius 1 is 1.08 bits per heavy atom. The molecule has 2 aromatic rings. The van der Waals surface area contributed by atoms with Gasteiger partial charge in [0.2, 0.25) is 0 Å². The number of nitrogens with zero attached hydrogens (tertiary/aromatic N) is 1. The lowest BCUT2D eigenvalue weighted by molar-refractivity contribution is -0.256. The van der Waals surface area contributed by atoms with E-state index < -0.39 is 5.79 Å². The van der Waals surface area contributed by atoms with Gasteiger partial charge in [-0.2, -0.15) is 0 Å². The second-order valence-electron chi connectivity index (χ2n) is 6.16. The van der Waals surface area contributed by atoms with Crippen molar-refractivity contribution < 1.29 is 19.0 Å². The molecule has 0 N–H and O–H groups in total. The van der Waals surface area contributed by atoms with E-state index in [2.05, 4.69) is 0 Å². The summed E-state index contributed by atoms with van der Waals surface area (Å²) in [6, 6.07) is 10.8. The number of ether oxygens (including phenoxy) is 3. The predicted octanol–water partition coefficient (Wildman–Crippen LogP) is 4.14. The molecule has 0 atom stereocenters. The largest absolute Gasteiger partial charge is 0.497 e. The van der Waals surface area contributed by atoms with E-state index in [9.17, 15) is 4.79 Å². The van der Waals surface area contributed by atoms with Crippen molar-refractivity contribution >= 4 is 34.8 Å². The van der Waals surface area contributed by atoms with E-state index in [1.807, 2.05) is 24.3 Å². The number of fused-ring (bicyclic) bond motifs is 2. The van der Waals surface area contributed by atoms with Gasteiger partial charge in [0.15, 0.2) is 0 Å². The number of carbonyl (C=O) groups is 1. The van der Waals surface area contributed by atoms with E-state index in [0.29, 0.717) is 41.1 Å². The number of hydrogen-bond acceptors (Lipinski definition) is 4. The molecule has 1 fully saturated rings. The van der Waals surface area contributed by atoms with E-state index >= 15 is 0 Å². The van der Waals surface area contributed by atoms with Crippen molar-refractivity contribution in [1.29, 1.82) is 0 Å². The van der Waals surface area contributed by atoms with Crippen LogP contribution in [0.5, 0.6) is 5.75 Å². The standard InChI is InChI=1S/C19H17Cl2NO4/c1-24-13-5-3-12(4-6-13)11-22-17-15(21)8-7-14(20)16(17)19(18(22)23)25-9-2-10-26-19/h3-8H,2,9-11H2,1H3. The van der Waals surface area contributed by atoms with E-state index in [1.54, 1.807) is 24.1 Å². The fourth-order valence-electron chi connectivity index (χ4n) is 3.37. The number of carbonyl (C=O) groups excluding carboxylic acids is 1. The number of amides is 1. The lowest BCUT2D eigenvalue weighted by Gasteiger charge is -2.32. The zero-order valence-corrected chi connectivity index (χ0v) is 15.6. The van der Waals surface area contributed by atoms with Crippen LogP contribution < -0.4 is 9.64 Å². The summed E-state index contributed by atoms with van der Waals surface area (Å²) in [6.45, 7) is 1.17. The molecular weight excluding hydrogens is 377 g/mol. The summed E-state index contributed by atoms with van der Waals surface area (Å²) in [5.74, 6) is -1.07. The maximum Gasteiger partial charge on any atom is 0.292 e. The summed E-state index contributed by atoms with van der Waals surface area (Å²) >= 11 is 12.9. The van der Waals surface area contributed by atoms with Crippen LogP contribution in [0, 0.1) is 0 Å². The van der Waals surface area contributed by atoms with E-state index in [4.69, 9.17) is 37.4 Å². The molecule has 2 aliphatic heterocycles. The average molecular weight is 394 g/mol. The van der Waals surface area contributed by atoms with Gasteiger partial charge in [-0.3, -0.25) is 4.79 Å². The second-order valence-corrected chi connectivity index (χ2v) is 6.97. The molecule has 4 rings (SSSR count). The number of rotatable bonds is 3. The minimum absolute atomic E-state index is 0.307. The van der Waals surface area contributed by atoms with Crippen LogP contribution in [0.4, 0.5) is 5.69 Å². The molecule has 2 aliphatic rings. The molecule has 0 saturated carbocycles. The fourth-order valence-corrected chi connectivity index (χ4v) is 3.91. The van der Waals surface area contributed by atoms with Gasteiger partial charge in [-0.15, -0.1) is 0 Å². The van der Waals surface area contributed by atoms with Gasteiger partial charge in [-0.05, 0) is 36.2 Å². The Balaban J connectivity index is 1.78. The minimum atomic E-state index is -1.51. The molecule has 0 unspecified atom stereocenters. The summed E-state index contributed by atoms with van der Waals surface area (Å²) in [5.41, 5.74) is 1.96. The number of hydrogen-bond donors (Lipinski definition) is 0. The van der Waals surface area contributed by atoms with Gasteiger partial charge in [0.1, 0.15) is 5.75 Å². The quantitative estimate of drug-likeness (QED) is 0.785. The first kappa shape index (κ1) is 17.6. The first-order valence-corrected chi connectivity index (χ1v) is 9.04. The monoisotopic (exact) mass is 393 g/mol. The normalized spacial score (nSPS) is 18.3. The zero-order chi connectivity index (χ0) is 18.3. The maximum atomic E-state index is 13.3. The van der Waals surface area contributed by atoms with Gasteiger partial charge in [-0.25, -0.2) is 0 Å². The first-order valence-electron chi connectivity index (χ1n) is 8.28. The predicted molar refractivity (Wildman–Crippen MR) is 98.8 cm³/mol. The number of anilines is 1. The van der Waals surface area contributed by atoms with Gasteiger partial charge < -0.3 is 19.1 Å². The molecule has 0 aliphatic carbocycles. The van der Waals surface area contributed by atoms with Gasteiger partial charge in [0, 0.05) is 0 Å². The maximum absolute atomic E-state index is 13.3. The van der Waals surface area contributed by atoms with Crippen LogP contribution in [-0.2, 0) is 26.6 Å². The fraction of sp³-hybridized carbons (Fsp3) is 0.316. The smallest absolute Gasteiger partial charge is 0.292 e. The average Bonchev–Trinajstić information content (AvgIpc) is 2.90. The van der Waals surface area contributed by atoms with Crippen LogP contribution in [-0.4, -0.2) is 26.2 Å². The summed E-state index contributed by atoms with van der Waals surface area (Å²) in [6.07, 6.45) is 0.723. The SMILES string of the molecule is COc1ccc(CN2C(=O)C3(OCCCO3)c3c(Cl)ccc(Cl)c32)cc1. The topological polar surface area (TPSA) is 48.0 Å². The highest BCUT2D eigenvalue weighted by atomic mass is 35.5. The molecule has 1 amide bonds. The Bertz CT molecular complexity index is 847. The van der Waals surface area contributed by atoms with Gasteiger partial charge in [-0.1, -0.05) is 35.3 Å². The molecule has 136 valence electrons. The van der Waals surface area contributed by atoms with Crippen molar-refractivity contribution in [3.8, 4) is 5.75 Å². The van der Waals surface area contributed by atoms with Crippen molar-refractivity contribution in [3.63, 3.8) is 0 Å². The van der Waals surface area contributed by atoms with Gasteiger partial charge in [0.05, 0.1) is 48.2 Å². The van der Waals surface area contributed by atoms with E-state index in [1.165, 1.54) is 0 Å². The van der Waals surface area contributed by atoms with Crippen LogP contribution in [0.25, 0.3) is 0 Å². The van der Waals surface area contributed by atoms with Crippen LogP contribution in [0.2, 0.25) is 10.0 Å². The highest BCUT2D eigenvalue weighted by Crippen LogP contribution is 2.51. The number of benzene rings is 2. The summed E-state index contributed by atoms with van der Waals surface area (Å²) in [4.78, 5) is 14.9. The van der Waals surface area contributed by atoms with Crippen molar-refractivity contribution in [2.24, 2.45) is 0 Å². The van der Waals surface area contributed by atoms with Crippen LogP contribution in [0.3, 0.4) is 0 Å². The molecule has 1 spiro atoms. The third kappa shape index (κ3) is 2.67. The third-order valence-corrected chi connectivity index (χ3v) is 5.22. The third-order valence-electron chi connectivity index (χ3n) is 4.60. The van der Waals surface area contributed by atoms with E-state index in [0.717, 1.165) is 17.7 Å². The molecule has 26 heavy (non-hydrogen) atoms. The minimum Gasteiger partial charge on any atom is -0.497 e. The second kappa shape index (κ2) is 6.74. The van der Waals surface area contributed by atoms with Crippen molar-refractivity contribution in [1.82, 2.24) is 0 Å². The molecule has 5 nitrogen and oxygen atoms in total. The van der Waals surface area contributed by atoms with E-state index in [-0.39, 0.29) is 5.91 Å². The molecule has 0 bridgehead atoms. The zero-order valence-electron chi connectivity index (χ0n) is 14.1. The van der Waals surface area contributed by atoms with Crippen molar-refractivity contribution in [3.05, 3.63) is 57.6 Å². The van der Waals surface area contributed by atoms with Gasteiger partial charge >= 0.3 is 0 Å². The summed E-state index contributed by atoms with van der Waals surface area (Å²) in [7, 11) is 1.61. The summed E-state index contributed by atoms with van der Waals surface area (Å²) in [5, 5.41) is 0.831. The van der Waals surface area contributed by atoms with Crippen LogP contribution in [0.15, 0.2) is 36.4 Å². The Hall–Kier alpha value is -1.79. The Morgan fingerprint density at radius 3 is 2.38 bits per heavy atom. The number of methoxy groups -OCH3 is 1. The highest BCUT2D eigenvalue weighted by Gasteiger charge is 2.56. The summed E-state index contributed by atoms with van der Waals surface area (Å²) < 4.78 is 16.8. The Kier molecular flexibility index (Phi) is 4.57. The molecule has 0 aromatic heterocycles. The molecule has 0 radical (unpaired) electrons.